The van der Waals surface area contributed by atoms with E-state index >= 15 is 0 Å². The van der Waals surface area contributed by atoms with Crippen LogP contribution in [0.15, 0.2) is 24.3 Å². The molecule has 0 aromatic heterocycles. The molecule has 25 heavy (non-hydrogen) atoms. The van der Waals surface area contributed by atoms with Gasteiger partial charge in [-0.05, 0) is 63.9 Å². The van der Waals surface area contributed by atoms with Crippen molar-refractivity contribution in [1.29, 1.82) is 0 Å². The zero-order chi connectivity index (χ0) is 18.1. The summed E-state index contributed by atoms with van der Waals surface area (Å²) in [6, 6.07) is 7.11. The Morgan fingerprint density at radius 1 is 1.24 bits per heavy atom. The molecule has 2 amide bonds. The first-order chi connectivity index (χ1) is 12.1. The summed E-state index contributed by atoms with van der Waals surface area (Å²) in [6.07, 6.45) is 4.82. The number of nitrogens with one attached hydrogen (secondary N) is 2. The van der Waals surface area contributed by atoms with Crippen molar-refractivity contribution in [2.24, 2.45) is 0 Å². The summed E-state index contributed by atoms with van der Waals surface area (Å²) < 4.78 is 4.93. The number of esters is 1. The van der Waals surface area contributed by atoms with Gasteiger partial charge in [-0.25, -0.2) is 9.59 Å². The van der Waals surface area contributed by atoms with Gasteiger partial charge >= 0.3 is 12.0 Å². The molecule has 1 heterocycles. The average Bonchev–Trinajstić information content (AvgIpc) is 2.61. The number of hydrogen-bond donors (Lipinski definition) is 2. The molecule has 1 aromatic rings. The second-order valence-corrected chi connectivity index (χ2v) is 6.41. The van der Waals surface area contributed by atoms with E-state index in [1.807, 2.05) is 0 Å². The number of carbonyl (C=O) groups excluding carboxylic acids is 2. The lowest BCUT2D eigenvalue weighted by atomic mass is 10.0. The van der Waals surface area contributed by atoms with Crippen molar-refractivity contribution in [2.75, 3.05) is 31.6 Å². The predicted molar refractivity (Wildman–Crippen MR) is 98.9 cm³/mol. The Morgan fingerprint density at radius 3 is 2.68 bits per heavy atom. The predicted octanol–water partition coefficient (Wildman–Crippen LogP) is 3.25. The molecule has 1 aromatic carbocycles. The van der Waals surface area contributed by atoms with E-state index in [0.29, 0.717) is 30.4 Å². The van der Waals surface area contributed by atoms with Gasteiger partial charge in [0, 0.05) is 24.8 Å². The van der Waals surface area contributed by atoms with Gasteiger partial charge in [0.15, 0.2) is 0 Å². The normalized spacial score (nSPS) is 17.8. The highest BCUT2D eigenvalue weighted by molar-refractivity contribution is 5.92. The van der Waals surface area contributed by atoms with Crippen LogP contribution in [-0.4, -0.2) is 49.2 Å². The number of urea groups is 1. The molecule has 2 N–H and O–H groups in total. The quantitative estimate of drug-likeness (QED) is 0.587. The Morgan fingerprint density at radius 2 is 2.00 bits per heavy atom. The van der Waals surface area contributed by atoms with E-state index in [4.69, 9.17) is 4.74 Å². The summed E-state index contributed by atoms with van der Waals surface area (Å²) in [4.78, 5) is 26.0. The molecule has 2 rings (SSSR count). The van der Waals surface area contributed by atoms with Crippen molar-refractivity contribution in [2.45, 2.75) is 45.6 Å². The Bertz CT molecular complexity index is 560. The summed E-state index contributed by atoms with van der Waals surface area (Å²) in [6.45, 7) is 7.23. The fourth-order valence-electron chi connectivity index (χ4n) is 3.05. The van der Waals surface area contributed by atoms with Crippen LogP contribution in [0.3, 0.4) is 0 Å². The van der Waals surface area contributed by atoms with Crippen LogP contribution in [0.5, 0.6) is 0 Å². The van der Waals surface area contributed by atoms with Gasteiger partial charge in [0.05, 0.1) is 12.2 Å². The Kier molecular flexibility index (Phi) is 7.73. The monoisotopic (exact) mass is 347 g/mol. The zero-order valence-corrected chi connectivity index (χ0v) is 15.2. The molecule has 1 atom stereocenters. The van der Waals surface area contributed by atoms with Crippen molar-refractivity contribution in [3.05, 3.63) is 29.8 Å². The van der Waals surface area contributed by atoms with Gasteiger partial charge in [-0.2, -0.15) is 0 Å². The lowest BCUT2D eigenvalue weighted by molar-refractivity contribution is 0.0526. The zero-order valence-electron chi connectivity index (χ0n) is 15.2. The highest BCUT2D eigenvalue weighted by Crippen LogP contribution is 2.16. The maximum Gasteiger partial charge on any atom is 0.338 e. The summed E-state index contributed by atoms with van der Waals surface area (Å²) in [5, 5.41) is 5.65. The molecule has 138 valence electrons. The van der Waals surface area contributed by atoms with Crippen LogP contribution in [-0.2, 0) is 4.74 Å². The third-order valence-electron chi connectivity index (χ3n) is 4.50. The van der Waals surface area contributed by atoms with Gasteiger partial charge in [-0.1, -0.05) is 6.42 Å². The third-order valence-corrected chi connectivity index (χ3v) is 4.50. The number of ether oxygens (including phenoxy) is 1. The molecule has 0 radical (unpaired) electrons. The van der Waals surface area contributed by atoms with Crippen LogP contribution < -0.4 is 10.6 Å². The summed E-state index contributed by atoms with van der Waals surface area (Å²) in [5.74, 6) is -0.356. The number of rotatable bonds is 7. The highest BCUT2D eigenvalue weighted by atomic mass is 16.5. The minimum atomic E-state index is -0.356. The standard InChI is InChI=1S/C19H29N3O3/c1-3-25-18(23)16-8-10-17(11-9-16)21-19(24)20-12-6-14-22-13-5-4-7-15(22)2/h8-11,15H,3-7,12-14H2,1-2H3,(H2,20,21,24)/t15-/m1/s1. The molecule has 0 unspecified atom stereocenters. The van der Waals surface area contributed by atoms with E-state index in [9.17, 15) is 9.59 Å². The van der Waals surface area contributed by atoms with E-state index < -0.39 is 0 Å². The topological polar surface area (TPSA) is 70.7 Å². The van der Waals surface area contributed by atoms with Gasteiger partial charge in [-0.3, -0.25) is 0 Å². The molecule has 6 nitrogen and oxygen atoms in total. The molecule has 6 heteroatoms. The fraction of sp³-hybridized carbons (Fsp3) is 0.579. The second kappa shape index (κ2) is 10.0. The minimum Gasteiger partial charge on any atom is -0.462 e. The van der Waals surface area contributed by atoms with Crippen LogP contribution in [0.25, 0.3) is 0 Å². The van der Waals surface area contributed by atoms with E-state index in [2.05, 4.69) is 22.5 Å². The average molecular weight is 347 g/mol. The lowest BCUT2D eigenvalue weighted by Crippen LogP contribution is -2.39. The molecular formula is C19H29N3O3. The van der Waals surface area contributed by atoms with Crippen molar-refractivity contribution in [3.63, 3.8) is 0 Å². The molecule has 1 saturated heterocycles. The van der Waals surface area contributed by atoms with Crippen LogP contribution in [0.4, 0.5) is 10.5 Å². The Labute approximate surface area is 149 Å². The molecule has 1 fully saturated rings. The van der Waals surface area contributed by atoms with Crippen LogP contribution in [0.1, 0.15) is 49.9 Å². The second-order valence-electron chi connectivity index (χ2n) is 6.41. The molecule has 0 spiro atoms. The van der Waals surface area contributed by atoms with Gasteiger partial charge < -0.3 is 20.3 Å². The molecular weight excluding hydrogens is 318 g/mol. The van der Waals surface area contributed by atoms with E-state index in [1.54, 1.807) is 31.2 Å². The third kappa shape index (κ3) is 6.38. The maximum atomic E-state index is 11.9. The summed E-state index contributed by atoms with van der Waals surface area (Å²) >= 11 is 0. The van der Waals surface area contributed by atoms with Crippen molar-refractivity contribution in [3.8, 4) is 0 Å². The van der Waals surface area contributed by atoms with Crippen LogP contribution >= 0.6 is 0 Å². The molecule has 0 bridgehead atoms. The minimum absolute atomic E-state index is 0.226. The Hall–Kier alpha value is -2.08. The van der Waals surface area contributed by atoms with E-state index in [-0.39, 0.29) is 12.0 Å². The number of amides is 2. The number of anilines is 1. The first-order valence-corrected chi connectivity index (χ1v) is 9.16. The molecule has 1 aliphatic heterocycles. The van der Waals surface area contributed by atoms with Gasteiger partial charge in [0.1, 0.15) is 0 Å². The molecule has 0 saturated carbocycles. The van der Waals surface area contributed by atoms with Gasteiger partial charge in [-0.15, -0.1) is 0 Å². The number of likely N-dealkylation sites (tertiary alicyclic amines) is 1. The number of benzene rings is 1. The van der Waals surface area contributed by atoms with Crippen LogP contribution in [0, 0.1) is 0 Å². The maximum absolute atomic E-state index is 11.9. The summed E-state index contributed by atoms with van der Waals surface area (Å²) in [7, 11) is 0. The first kappa shape index (κ1) is 19.2. The van der Waals surface area contributed by atoms with Gasteiger partial charge in [0.2, 0.25) is 0 Å². The fourth-order valence-corrected chi connectivity index (χ4v) is 3.05. The van der Waals surface area contributed by atoms with Crippen LogP contribution in [0.2, 0.25) is 0 Å². The van der Waals surface area contributed by atoms with Crippen molar-refractivity contribution in [1.82, 2.24) is 10.2 Å². The first-order valence-electron chi connectivity index (χ1n) is 9.16. The number of carbonyl (C=O) groups is 2. The van der Waals surface area contributed by atoms with Crippen molar-refractivity contribution >= 4 is 17.7 Å². The smallest absolute Gasteiger partial charge is 0.338 e. The number of hydrogen-bond acceptors (Lipinski definition) is 4. The largest absolute Gasteiger partial charge is 0.462 e. The number of piperidine rings is 1. The highest BCUT2D eigenvalue weighted by Gasteiger charge is 2.17. The number of nitrogens with zero attached hydrogens (tertiary/aromatic N) is 1. The Balaban J connectivity index is 1.67. The van der Waals surface area contributed by atoms with Crippen molar-refractivity contribution < 1.29 is 14.3 Å². The van der Waals surface area contributed by atoms with E-state index in [1.165, 1.54) is 25.8 Å². The SMILES string of the molecule is CCOC(=O)c1ccc(NC(=O)NCCCN2CCCC[C@H]2C)cc1. The van der Waals surface area contributed by atoms with E-state index in [0.717, 1.165) is 13.0 Å². The van der Waals surface area contributed by atoms with Gasteiger partial charge in [0.25, 0.3) is 0 Å². The molecule has 0 aliphatic carbocycles. The summed E-state index contributed by atoms with van der Waals surface area (Å²) in [5.41, 5.74) is 1.12. The lowest BCUT2D eigenvalue weighted by Gasteiger charge is -2.33. The molecule has 1 aliphatic rings.